The summed E-state index contributed by atoms with van der Waals surface area (Å²) in [5, 5.41) is 4.47. The van der Waals surface area contributed by atoms with Crippen molar-refractivity contribution in [2.75, 3.05) is 6.61 Å². The van der Waals surface area contributed by atoms with Gasteiger partial charge in [0, 0.05) is 19.5 Å². The average molecular weight is 195 g/mol. The Labute approximate surface area is 84.0 Å². The van der Waals surface area contributed by atoms with Crippen LogP contribution in [0.1, 0.15) is 36.9 Å². The predicted molar refractivity (Wildman–Crippen MR) is 54.2 cm³/mol. The first-order valence-electron chi connectivity index (χ1n) is 5.16. The zero-order valence-corrected chi connectivity index (χ0v) is 8.79. The van der Waals surface area contributed by atoms with Crippen molar-refractivity contribution in [3.05, 3.63) is 11.3 Å². The monoisotopic (exact) mass is 195 g/mol. The van der Waals surface area contributed by atoms with Crippen molar-refractivity contribution in [2.45, 2.75) is 32.2 Å². The molecular formula is C10H17N3O. The lowest BCUT2D eigenvalue weighted by molar-refractivity contribution is 0.306. The third kappa shape index (κ3) is 1.50. The minimum atomic E-state index is 0.523. The molecule has 1 aliphatic carbocycles. The molecule has 0 saturated heterocycles. The van der Waals surface area contributed by atoms with Gasteiger partial charge < -0.3 is 10.5 Å². The highest BCUT2D eigenvalue weighted by atomic mass is 16.5. The molecule has 1 aromatic heterocycles. The van der Waals surface area contributed by atoms with E-state index in [9.17, 15) is 0 Å². The first kappa shape index (κ1) is 9.52. The molecule has 1 saturated carbocycles. The summed E-state index contributed by atoms with van der Waals surface area (Å²) in [6, 6.07) is 0. The van der Waals surface area contributed by atoms with Gasteiger partial charge in [0.05, 0.1) is 17.9 Å². The van der Waals surface area contributed by atoms with Crippen molar-refractivity contribution in [3.63, 3.8) is 0 Å². The molecule has 1 aliphatic rings. The summed E-state index contributed by atoms with van der Waals surface area (Å²) in [5.41, 5.74) is 7.97. The van der Waals surface area contributed by atoms with Gasteiger partial charge >= 0.3 is 0 Å². The Morgan fingerprint density at radius 1 is 1.57 bits per heavy atom. The molecule has 14 heavy (non-hydrogen) atoms. The third-order valence-corrected chi connectivity index (χ3v) is 2.57. The number of hydrogen-bond acceptors (Lipinski definition) is 3. The Hall–Kier alpha value is -1.03. The zero-order valence-electron chi connectivity index (χ0n) is 8.79. The summed E-state index contributed by atoms with van der Waals surface area (Å²) in [7, 11) is 1.91. The fraction of sp³-hybridized carbons (Fsp3) is 0.700. The number of aromatic nitrogens is 2. The van der Waals surface area contributed by atoms with Crippen molar-refractivity contribution >= 4 is 0 Å². The van der Waals surface area contributed by atoms with Crippen LogP contribution in [-0.4, -0.2) is 16.4 Å². The van der Waals surface area contributed by atoms with E-state index in [2.05, 4.69) is 5.10 Å². The van der Waals surface area contributed by atoms with Gasteiger partial charge in [0.25, 0.3) is 0 Å². The minimum absolute atomic E-state index is 0.523. The second-order valence-electron chi connectivity index (χ2n) is 3.70. The molecular weight excluding hydrogens is 178 g/mol. The van der Waals surface area contributed by atoms with E-state index in [0.29, 0.717) is 19.1 Å². The van der Waals surface area contributed by atoms with Crippen molar-refractivity contribution in [2.24, 2.45) is 12.8 Å². The predicted octanol–water partition coefficient (Wildman–Crippen LogP) is 1.15. The lowest BCUT2D eigenvalue weighted by Gasteiger charge is -2.04. The maximum atomic E-state index is 5.73. The van der Waals surface area contributed by atoms with E-state index in [-0.39, 0.29) is 0 Å². The number of hydrogen-bond donors (Lipinski definition) is 1. The van der Waals surface area contributed by atoms with E-state index in [1.807, 2.05) is 14.0 Å². The molecule has 0 aromatic carbocycles. The fourth-order valence-electron chi connectivity index (χ4n) is 1.77. The van der Waals surface area contributed by atoms with E-state index in [0.717, 1.165) is 17.1 Å². The first-order valence-corrected chi connectivity index (χ1v) is 5.16. The Kier molecular flexibility index (Phi) is 2.46. The standard InChI is InChI=1S/C10H17N3O/c1-3-14-10-8(6-11)9(7-4-5-7)12-13(10)2/h7H,3-6,11H2,1-2H3. The average Bonchev–Trinajstić information content (AvgIpc) is 2.95. The summed E-state index contributed by atoms with van der Waals surface area (Å²) < 4.78 is 7.34. The number of rotatable bonds is 4. The molecule has 78 valence electrons. The number of nitrogens with zero attached hydrogens (tertiary/aromatic N) is 2. The Bertz CT molecular complexity index is 328. The number of nitrogens with two attached hydrogens (primary N) is 1. The Morgan fingerprint density at radius 2 is 2.29 bits per heavy atom. The van der Waals surface area contributed by atoms with Crippen LogP contribution >= 0.6 is 0 Å². The second kappa shape index (κ2) is 3.61. The van der Waals surface area contributed by atoms with E-state index < -0.39 is 0 Å². The van der Waals surface area contributed by atoms with E-state index in [1.54, 1.807) is 4.68 Å². The van der Waals surface area contributed by atoms with Crippen molar-refractivity contribution in [1.29, 1.82) is 0 Å². The summed E-state index contributed by atoms with van der Waals surface area (Å²) in [6.07, 6.45) is 2.49. The van der Waals surface area contributed by atoms with Crippen molar-refractivity contribution < 1.29 is 4.74 Å². The van der Waals surface area contributed by atoms with Crippen LogP contribution in [0.2, 0.25) is 0 Å². The van der Waals surface area contributed by atoms with Gasteiger partial charge in [0.15, 0.2) is 0 Å². The lowest BCUT2D eigenvalue weighted by atomic mass is 10.2. The molecule has 0 unspecified atom stereocenters. The van der Waals surface area contributed by atoms with E-state index in [4.69, 9.17) is 10.5 Å². The molecule has 1 fully saturated rings. The van der Waals surface area contributed by atoms with Gasteiger partial charge in [-0.1, -0.05) is 0 Å². The van der Waals surface area contributed by atoms with Crippen LogP contribution in [-0.2, 0) is 13.6 Å². The molecule has 0 amide bonds. The SMILES string of the molecule is CCOc1c(CN)c(C2CC2)nn1C. The maximum absolute atomic E-state index is 5.73. The summed E-state index contributed by atoms with van der Waals surface area (Å²) in [5.74, 6) is 1.48. The van der Waals surface area contributed by atoms with Crippen LogP contribution in [0, 0.1) is 0 Å². The van der Waals surface area contributed by atoms with Gasteiger partial charge in [-0.15, -0.1) is 0 Å². The molecule has 0 spiro atoms. The molecule has 1 aromatic rings. The molecule has 0 atom stereocenters. The quantitative estimate of drug-likeness (QED) is 0.784. The van der Waals surface area contributed by atoms with Crippen LogP contribution in [0.25, 0.3) is 0 Å². The molecule has 2 rings (SSSR count). The van der Waals surface area contributed by atoms with Gasteiger partial charge in [-0.3, -0.25) is 0 Å². The molecule has 4 heteroatoms. The third-order valence-electron chi connectivity index (χ3n) is 2.57. The van der Waals surface area contributed by atoms with Gasteiger partial charge in [-0.2, -0.15) is 5.10 Å². The normalized spacial score (nSPS) is 15.9. The molecule has 1 heterocycles. The summed E-state index contributed by atoms with van der Waals surface area (Å²) in [4.78, 5) is 0. The molecule has 2 N–H and O–H groups in total. The molecule has 0 radical (unpaired) electrons. The largest absolute Gasteiger partial charge is 0.478 e. The summed E-state index contributed by atoms with van der Waals surface area (Å²) >= 11 is 0. The molecule has 0 bridgehead atoms. The topological polar surface area (TPSA) is 53.1 Å². The second-order valence-corrected chi connectivity index (χ2v) is 3.70. The highest BCUT2D eigenvalue weighted by molar-refractivity contribution is 5.35. The van der Waals surface area contributed by atoms with Crippen LogP contribution < -0.4 is 10.5 Å². The van der Waals surface area contributed by atoms with E-state index in [1.165, 1.54) is 12.8 Å². The smallest absolute Gasteiger partial charge is 0.216 e. The number of ether oxygens (including phenoxy) is 1. The van der Waals surface area contributed by atoms with Gasteiger partial charge in [0.2, 0.25) is 5.88 Å². The van der Waals surface area contributed by atoms with Gasteiger partial charge in [0.1, 0.15) is 0 Å². The van der Waals surface area contributed by atoms with Gasteiger partial charge in [-0.05, 0) is 19.8 Å². The highest BCUT2D eigenvalue weighted by Gasteiger charge is 2.31. The zero-order chi connectivity index (χ0) is 10.1. The minimum Gasteiger partial charge on any atom is -0.478 e. The van der Waals surface area contributed by atoms with Crippen molar-refractivity contribution in [3.8, 4) is 5.88 Å². The Morgan fingerprint density at radius 3 is 2.79 bits per heavy atom. The number of aryl methyl sites for hydroxylation is 1. The van der Waals surface area contributed by atoms with Crippen LogP contribution in [0.5, 0.6) is 5.88 Å². The van der Waals surface area contributed by atoms with Crippen LogP contribution in [0.3, 0.4) is 0 Å². The fourth-order valence-corrected chi connectivity index (χ4v) is 1.77. The Balaban J connectivity index is 2.36. The van der Waals surface area contributed by atoms with Gasteiger partial charge in [-0.25, -0.2) is 4.68 Å². The van der Waals surface area contributed by atoms with E-state index >= 15 is 0 Å². The first-order chi connectivity index (χ1) is 6.77. The maximum Gasteiger partial charge on any atom is 0.216 e. The summed E-state index contributed by atoms with van der Waals surface area (Å²) in [6.45, 7) is 3.16. The highest BCUT2D eigenvalue weighted by Crippen LogP contribution is 2.42. The molecule has 4 nitrogen and oxygen atoms in total. The lowest BCUT2D eigenvalue weighted by Crippen LogP contribution is -2.04. The van der Waals surface area contributed by atoms with Crippen LogP contribution in [0.15, 0.2) is 0 Å². The van der Waals surface area contributed by atoms with Crippen LogP contribution in [0.4, 0.5) is 0 Å². The van der Waals surface area contributed by atoms with Crippen molar-refractivity contribution in [1.82, 2.24) is 9.78 Å². The molecule has 0 aliphatic heterocycles.